The standard InChI is InChI=1S/C34H24N2O10/c37-33(43-21-23-4-1-8-31(18-23)45-29-14-10-27(11-15-29)35(39)40)25-6-3-7-26(20-25)34(38)44-22-24-5-2-9-32(19-24)46-30-16-12-28(13-17-30)36(41)42/h1-20H,21-22H2. The molecular weight excluding hydrogens is 596 g/mol. The molecule has 0 unspecified atom stereocenters. The Labute approximate surface area is 261 Å². The summed E-state index contributed by atoms with van der Waals surface area (Å²) in [6, 6.07) is 30.9. The van der Waals surface area contributed by atoms with E-state index >= 15 is 0 Å². The van der Waals surface area contributed by atoms with E-state index in [0.717, 1.165) is 0 Å². The Kier molecular flexibility index (Phi) is 9.58. The zero-order valence-electron chi connectivity index (χ0n) is 23.9. The molecule has 46 heavy (non-hydrogen) atoms. The van der Waals surface area contributed by atoms with Gasteiger partial charge >= 0.3 is 11.9 Å². The molecule has 0 heterocycles. The molecule has 0 spiro atoms. The molecule has 0 amide bonds. The summed E-state index contributed by atoms with van der Waals surface area (Å²) >= 11 is 0. The number of nitro benzene ring substituents is 2. The quantitative estimate of drug-likeness (QED) is 0.0765. The number of nitro groups is 2. The summed E-state index contributed by atoms with van der Waals surface area (Å²) in [6.07, 6.45) is 0. The average Bonchev–Trinajstić information content (AvgIpc) is 3.07. The van der Waals surface area contributed by atoms with Gasteiger partial charge in [-0.3, -0.25) is 20.2 Å². The lowest BCUT2D eigenvalue weighted by atomic mass is 10.1. The first kappa shape index (κ1) is 30.9. The zero-order chi connectivity index (χ0) is 32.5. The highest BCUT2D eigenvalue weighted by Gasteiger charge is 2.14. The number of non-ortho nitro benzene ring substituents is 2. The molecule has 230 valence electrons. The highest BCUT2D eigenvalue weighted by molar-refractivity contribution is 5.95. The summed E-state index contributed by atoms with van der Waals surface area (Å²) in [5, 5.41) is 21.7. The van der Waals surface area contributed by atoms with Gasteiger partial charge in [0.25, 0.3) is 11.4 Å². The summed E-state index contributed by atoms with van der Waals surface area (Å²) in [7, 11) is 0. The van der Waals surface area contributed by atoms with Gasteiger partial charge in [0.05, 0.1) is 21.0 Å². The molecule has 0 saturated heterocycles. The van der Waals surface area contributed by atoms with Gasteiger partial charge < -0.3 is 18.9 Å². The Hall–Kier alpha value is -6.56. The van der Waals surface area contributed by atoms with Gasteiger partial charge in [-0.25, -0.2) is 9.59 Å². The lowest BCUT2D eigenvalue weighted by Crippen LogP contribution is -2.09. The molecule has 0 atom stereocenters. The third kappa shape index (κ3) is 8.29. The van der Waals surface area contributed by atoms with Crippen molar-refractivity contribution < 1.29 is 38.4 Å². The van der Waals surface area contributed by atoms with Crippen LogP contribution in [0.25, 0.3) is 0 Å². The van der Waals surface area contributed by atoms with E-state index in [9.17, 15) is 29.8 Å². The Morgan fingerprint density at radius 3 is 1.28 bits per heavy atom. The first-order valence-electron chi connectivity index (χ1n) is 13.7. The maximum atomic E-state index is 12.8. The summed E-state index contributed by atoms with van der Waals surface area (Å²) < 4.78 is 22.4. The van der Waals surface area contributed by atoms with Crippen molar-refractivity contribution in [3.05, 3.63) is 164 Å². The molecule has 0 radical (unpaired) electrons. The first-order chi connectivity index (χ1) is 22.2. The van der Waals surface area contributed by atoms with Crippen molar-refractivity contribution in [2.24, 2.45) is 0 Å². The van der Waals surface area contributed by atoms with Crippen LogP contribution in [0.3, 0.4) is 0 Å². The molecular formula is C34H24N2O10. The lowest BCUT2D eigenvalue weighted by molar-refractivity contribution is -0.385. The minimum Gasteiger partial charge on any atom is -0.457 e. The second kappa shape index (κ2) is 14.3. The van der Waals surface area contributed by atoms with Gasteiger partial charge in [-0.2, -0.15) is 0 Å². The van der Waals surface area contributed by atoms with Crippen LogP contribution in [0.4, 0.5) is 11.4 Å². The van der Waals surface area contributed by atoms with Crippen LogP contribution in [0.5, 0.6) is 23.0 Å². The Morgan fingerprint density at radius 1 is 0.500 bits per heavy atom. The van der Waals surface area contributed by atoms with Gasteiger partial charge in [-0.05, 0) is 77.9 Å². The maximum absolute atomic E-state index is 12.8. The number of hydrogen-bond donors (Lipinski definition) is 0. The van der Waals surface area contributed by atoms with Crippen molar-refractivity contribution in [1.82, 2.24) is 0 Å². The molecule has 5 rings (SSSR count). The number of esters is 2. The van der Waals surface area contributed by atoms with Crippen molar-refractivity contribution in [2.75, 3.05) is 0 Å². The summed E-state index contributed by atoms with van der Waals surface area (Å²) in [6.45, 7) is -0.132. The number of carbonyl (C=O) groups is 2. The van der Waals surface area contributed by atoms with Crippen molar-refractivity contribution in [1.29, 1.82) is 0 Å². The van der Waals surface area contributed by atoms with Crippen LogP contribution >= 0.6 is 0 Å². The van der Waals surface area contributed by atoms with Crippen LogP contribution in [0.15, 0.2) is 121 Å². The van der Waals surface area contributed by atoms with Gasteiger partial charge in [-0.15, -0.1) is 0 Å². The van der Waals surface area contributed by atoms with Gasteiger partial charge in [0.15, 0.2) is 0 Å². The Balaban J connectivity index is 1.14. The molecule has 0 aliphatic heterocycles. The normalized spacial score (nSPS) is 10.4. The number of carbonyl (C=O) groups excluding carboxylic acids is 2. The van der Waals surface area contributed by atoms with Crippen LogP contribution in [0.2, 0.25) is 0 Å². The van der Waals surface area contributed by atoms with Crippen LogP contribution < -0.4 is 9.47 Å². The Bertz CT molecular complexity index is 1760. The molecule has 0 aliphatic rings. The predicted molar refractivity (Wildman–Crippen MR) is 164 cm³/mol. The first-order valence-corrected chi connectivity index (χ1v) is 13.7. The molecule has 0 N–H and O–H groups in total. The maximum Gasteiger partial charge on any atom is 0.338 e. The molecule has 12 heteroatoms. The largest absolute Gasteiger partial charge is 0.457 e. The predicted octanol–water partition coefficient (Wildman–Crippen LogP) is 7.80. The second-order valence-electron chi connectivity index (χ2n) is 9.73. The Morgan fingerprint density at radius 2 is 0.891 bits per heavy atom. The van der Waals surface area contributed by atoms with Gasteiger partial charge in [0.2, 0.25) is 0 Å². The minimum atomic E-state index is -0.646. The van der Waals surface area contributed by atoms with Crippen LogP contribution in [-0.4, -0.2) is 21.8 Å². The fourth-order valence-corrected chi connectivity index (χ4v) is 4.18. The molecule has 5 aromatic carbocycles. The van der Waals surface area contributed by atoms with Gasteiger partial charge in [0.1, 0.15) is 36.2 Å². The number of rotatable bonds is 12. The summed E-state index contributed by atoms with van der Waals surface area (Å²) in [4.78, 5) is 46.2. The monoisotopic (exact) mass is 620 g/mol. The van der Waals surface area contributed by atoms with E-state index in [1.165, 1.54) is 66.7 Å². The topological polar surface area (TPSA) is 157 Å². The van der Waals surface area contributed by atoms with E-state index in [4.69, 9.17) is 18.9 Å². The van der Waals surface area contributed by atoms with Crippen molar-refractivity contribution in [3.63, 3.8) is 0 Å². The van der Waals surface area contributed by atoms with Crippen molar-refractivity contribution in [2.45, 2.75) is 13.2 Å². The molecule has 12 nitrogen and oxygen atoms in total. The third-order valence-corrected chi connectivity index (χ3v) is 6.44. The number of hydrogen-bond acceptors (Lipinski definition) is 10. The summed E-state index contributed by atoms with van der Waals surface area (Å²) in [5.41, 5.74) is 1.50. The molecule has 0 fully saturated rings. The molecule has 0 aromatic heterocycles. The van der Waals surface area contributed by atoms with Crippen molar-refractivity contribution >= 4 is 23.3 Å². The van der Waals surface area contributed by atoms with Gasteiger partial charge in [0, 0.05) is 24.3 Å². The SMILES string of the molecule is O=C(OCc1cccc(Oc2ccc([N+](=O)[O-])cc2)c1)c1cccc(C(=O)OCc2cccc(Oc3ccc([N+](=O)[O-])cc3)c2)c1. The third-order valence-electron chi connectivity index (χ3n) is 6.44. The number of nitrogens with zero attached hydrogens (tertiary/aromatic N) is 2. The fourth-order valence-electron chi connectivity index (χ4n) is 4.18. The second-order valence-corrected chi connectivity index (χ2v) is 9.73. The van der Waals surface area contributed by atoms with E-state index < -0.39 is 21.8 Å². The minimum absolute atomic E-state index is 0.0518. The number of ether oxygens (including phenoxy) is 4. The molecule has 0 aliphatic carbocycles. The zero-order valence-corrected chi connectivity index (χ0v) is 23.9. The molecule has 0 bridgehead atoms. The van der Waals surface area contributed by atoms with Crippen LogP contribution in [0.1, 0.15) is 31.8 Å². The van der Waals surface area contributed by atoms with E-state index in [-0.39, 0.29) is 35.7 Å². The fraction of sp³-hybridized carbons (Fsp3) is 0.0588. The smallest absolute Gasteiger partial charge is 0.338 e. The van der Waals surface area contributed by atoms with E-state index in [1.54, 1.807) is 54.6 Å². The molecule has 0 saturated carbocycles. The molecule has 5 aromatic rings. The van der Waals surface area contributed by atoms with E-state index in [2.05, 4.69) is 0 Å². The van der Waals surface area contributed by atoms with Crippen molar-refractivity contribution in [3.8, 4) is 23.0 Å². The van der Waals surface area contributed by atoms with Crippen LogP contribution in [0, 0.1) is 20.2 Å². The lowest BCUT2D eigenvalue weighted by Gasteiger charge is -2.10. The summed E-state index contributed by atoms with van der Waals surface area (Å²) in [5.74, 6) is 0.435. The van der Waals surface area contributed by atoms with E-state index in [1.807, 2.05) is 0 Å². The highest BCUT2D eigenvalue weighted by Crippen LogP contribution is 2.26. The van der Waals surface area contributed by atoms with E-state index in [0.29, 0.717) is 34.1 Å². The number of benzene rings is 5. The highest BCUT2D eigenvalue weighted by atomic mass is 16.6. The van der Waals surface area contributed by atoms with Gasteiger partial charge in [-0.1, -0.05) is 30.3 Å². The van der Waals surface area contributed by atoms with Crippen LogP contribution in [-0.2, 0) is 22.7 Å². The average molecular weight is 621 g/mol.